The van der Waals surface area contributed by atoms with E-state index in [2.05, 4.69) is 22.4 Å². The third-order valence-corrected chi connectivity index (χ3v) is 11.2. The highest BCUT2D eigenvalue weighted by Gasteiger charge is 2.69. The Morgan fingerprint density at radius 3 is 2.54 bits per heavy atom. The van der Waals surface area contributed by atoms with E-state index in [4.69, 9.17) is 0 Å². The molecule has 1 saturated heterocycles. The smallest absolute Gasteiger partial charge is 0.305 e. The molecular formula is C28H25N3O4S2. The van der Waals surface area contributed by atoms with Crippen molar-refractivity contribution in [2.45, 2.75) is 29.5 Å². The van der Waals surface area contributed by atoms with E-state index in [1.807, 2.05) is 43.3 Å². The van der Waals surface area contributed by atoms with Gasteiger partial charge >= 0.3 is 4.87 Å². The van der Waals surface area contributed by atoms with Gasteiger partial charge in [0.25, 0.3) is 0 Å². The number of amides is 3. The van der Waals surface area contributed by atoms with Crippen LogP contribution in [-0.4, -0.2) is 39.4 Å². The number of thioether (sulfide) groups is 1. The van der Waals surface area contributed by atoms with Crippen LogP contribution in [0.2, 0.25) is 0 Å². The molecule has 4 aliphatic rings. The van der Waals surface area contributed by atoms with Crippen LogP contribution in [0, 0.1) is 36.5 Å². The Hall–Kier alpha value is -3.17. The lowest BCUT2D eigenvalue weighted by atomic mass is 9.68. The first-order chi connectivity index (χ1) is 17.9. The highest BCUT2D eigenvalue weighted by molar-refractivity contribution is 8.00. The van der Waals surface area contributed by atoms with E-state index in [1.165, 1.54) is 16.2 Å². The quantitative estimate of drug-likeness (QED) is 0.498. The lowest BCUT2D eigenvalue weighted by Crippen LogP contribution is -2.42. The molecule has 3 heterocycles. The van der Waals surface area contributed by atoms with Crippen LogP contribution in [0.3, 0.4) is 0 Å². The second-order valence-electron chi connectivity index (χ2n) is 10.6. The number of aromatic nitrogens is 1. The number of likely N-dealkylation sites (tertiary alicyclic amines) is 1. The molecule has 3 amide bonds. The Bertz CT molecular complexity index is 1500. The van der Waals surface area contributed by atoms with Crippen molar-refractivity contribution in [2.75, 3.05) is 11.9 Å². The van der Waals surface area contributed by atoms with Crippen molar-refractivity contribution in [1.82, 2.24) is 9.88 Å². The van der Waals surface area contributed by atoms with E-state index >= 15 is 0 Å². The molecule has 2 aromatic carbocycles. The number of hydrogen-bond acceptors (Lipinski definition) is 6. The van der Waals surface area contributed by atoms with Crippen molar-refractivity contribution in [3.8, 4) is 0 Å². The SMILES string of the molecule is Cc1cccc(NC(=O)CN2C(=O)[C@@H]3[C@H]4C[C@@H]([C@@H]3C2=O)[C@H]2[C@@H](c3ccccc3)c3sc(=O)[nH]c3S[C@H]42)c1. The average molecular weight is 532 g/mol. The van der Waals surface area contributed by atoms with E-state index < -0.39 is 5.92 Å². The number of thiazole rings is 1. The lowest BCUT2D eigenvalue weighted by molar-refractivity contribution is -0.143. The maximum absolute atomic E-state index is 13.7. The Morgan fingerprint density at radius 1 is 1.03 bits per heavy atom. The van der Waals surface area contributed by atoms with Crippen LogP contribution in [-0.2, 0) is 14.4 Å². The number of nitrogens with one attached hydrogen (secondary N) is 2. The van der Waals surface area contributed by atoms with Gasteiger partial charge in [-0.1, -0.05) is 53.8 Å². The number of fused-ring (bicyclic) bond motifs is 9. The molecule has 0 unspecified atom stereocenters. The standard InChI is InChI=1S/C28H25N3O4S2/c1-13-6-5-9-15(10-13)29-18(32)12-31-26(33)21-16-11-17(22(21)27(31)34)23-20(16)19(14-7-3-2-4-8-14)24-25(36-23)30-28(35)37-24/h2-10,16-17,19-23H,11-12H2,1H3,(H,29,32)(H,30,35)/t16-,17-,19-,20+,21+,22-,23-/m1/s1. The molecule has 2 saturated carbocycles. The Morgan fingerprint density at radius 2 is 1.78 bits per heavy atom. The van der Waals surface area contributed by atoms with Crippen molar-refractivity contribution in [2.24, 2.45) is 29.6 Å². The maximum atomic E-state index is 13.7. The first-order valence-electron chi connectivity index (χ1n) is 12.6. The molecule has 0 spiro atoms. The molecule has 3 aromatic rings. The maximum Gasteiger partial charge on any atom is 0.305 e. The molecule has 9 heteroatoms. The fraction of sp³-hybridized carbons (Fsp3) is 0.357. The minimum Gasteiger partial charge on any atom is -0.325 e. The molecule has 0 radical (unpaired) electrons. The molecular weight excluding hydrogens is 506 g/mol. The molecule has 2 bridgehead atoms. The molecule has 3 fully saturated rings. The fourth-order valence-electron chi connectivity index (χ4n) is 7.33. The Labute approximate surface area is 221 Å². The van der Waals surface area contributed by atoms with E-state index in [0.717, 1.165) is 27.5 Å². The van der Waals surface area contributed by atoms with Gasteiger partial charge < -0.3 is 10.3 Å². The number of hydrogen-bond donors (Lipinski definition) is 2. The van der Waals surface area contributed by atoms with Crippen molar-refractivity contribution >= 4 is 46.5 Å². The van der Waals surface area contributed by atoms with Gasteiger partial charge in [-0.15, -0.1) is 11.8 Å². The van der Waals surface area contributed by atoms with Crippen LogP contribution in [0.4, 0.5) is 5.69 Å². The third kappa shape index (κ3) is 3.47. The molecule has 2 aliphatic heterocycles. The number of rotatable bonds is 4. The number of H-pyrrole nitrogens is 1. The molecule has 2 aliphatic carbocycles. The zero-order valence-corrected chi connectivity index (χ0v) is 21.7. The third-order valence-electron chi connectivity index (χ3n) is 8.58. The van der Waals surface area contributed by atoms with Gasteiger partial charge in [0.05, 0.1) is 16.9 Å². The molecule has 37 heavy (non-hydrogen) atoms. The molecule has 7 nitrogen and oxygen atoms in total. The van der Waals surface area contributed by atoms with E-state index in [-0.39, 0.29) is 64.0 Å². The molecule has 7 rings (SSSR count). The van der Waals surface area contributed by atoms with Crippen molar-refractivity contribution in [3.63, 3.8) is 0 Å². The predicted molar refractivity (Wildman–Crippen MR) is 141 cm³/mol. The second-order valence-corrected chi connectivity index (χ2v) is 12.8. The van der Waals surface area contributed by atoms with Gasteiger partial charge in [-0.05, 0) is 54.4 Å². The highest BCUT2D eigenvalue weighted by Crippen LogP contribution is 2.68. The summed E-state index contributed by atoms with van der Waals surface area (Å²) in [5.74, 6) is -1.31. The van der Waals surface area contributed by atoms with E-state index in [1.54, 1.807) is 17.8 Å². The largest absolute Gasteiger partial charge is 0.325 e. The summed E-state index contributed by atoms with van der Waals surface area (Å²) in [5.41, 5.74) is 2.81. The molecule has 2 N–H and O–H groups in total. The zero-order valence-electron chi connectivity index (χ0n) is 20.0. The van der Waals surface area contributed by atoms with Gasteiger partial charge in [0.15, 0.2) is 0 Å². The minimum atomic E-state index is -0.394. The number of imide groups is 1. The Kier molecular flexibility index (Phi) is 5.23. The second kappa shape index (κ2) is 8.43. The van der Waals surface area contributed by atoms with Crippen molar-refractivity contribution in [1.29, 1.82) is 0 Å². The topological polar surface area (TPSA) is 99.3 Å². The van der Waals surface area contributed by atoms with Crippen molar-refractivity contribution in [3.05, 3.63) is 80.3 Å². The number of anilines is 1. The lowest BCUT2D eigenvalue weighted by Gasteiger charge is -2.43. The van der Waals surface area contributed by atoms with E-state index in [0.29, 0.717) is 5.69 Å². The average Bonchev–Trinajstić information content (AvgIpc) is 3.60. The first-order valence-corrected chi connectivity index (χ1v) is 14.3. The van der Waals surface area contributed by atoms with Gasteiger partial charge in [-0.2, -0.15) is 0 Å². The van der Waals surface area contributed by atoms with Crippen LogP contribution in [0.15, 0.2) is 64.4 Å². The number of aromatic amines is 1. The first kappa shape index (κ1) is 23.0. The van der Waals surface area contributed by atoms with Gasteiger partial charge in [0, 0.05) is 21.7 Å². The summed E-state index contributed by atoms with van der Waals surface area (Å²) in [5, 5.41) is 3.87. The van der Waals surface area contributed by atoms with Gasteiger partial charge in [-0.25, -0.2) is 0 Å². The van der Waals surface area contributed by atoms with Crippen LogP contribution in [0.25, 0.3) is 0 Å². The number of carbonyl (C=O) groups excluding carboxylic acids is 3. The highest BCUT2D eigenvalue weighted by atomic mass is 32.2. The van der Waals surface area contributed by atoms with E-state index in [9.17, 15) is 19.2 Å². The van der Waals surface area contributed by atoms with Crippen LogP contribution in [0.1, 0.15) is 28.3 Å². The number of nitrogens with zero attached hydrogens (tertiary/aromatic N) is 1. The summed E-state index contributed by atoms with van der Waals surface area (Å²) in [4.78, 5) is 57.5. The Balaban J connectivity index is 1.19. The molecule has 188 valence electrons. The number of aryl methyl sites for hydroxylation is 1. The monoisotopic (exact) mass is 531 g/mol. The van der Waals surface area contributed by atoms with Gasteiger partial charge in [-0.3, -0.25) is 24.1 Å². The zero-order chi connectivity index (χ0) is 25.4. The normalized spacial score (nSPS) is 31.3. The number of carbonyl (C=O) groups is 3. The molecule has 1 aromatic heterocycles. The summed E-state index contributed by atoms with van der Waals surface area (Å²) in [6, 6.07) is 17.6. The summed E-state index contributed by atoms with van der Waals surface area (Å²) in [7, 11) is 0. The fourth-order valence-corrected chi connectivity index (χ4v) is 10.2. The van der Waals surface area contributed by atoms with Crippen LogP contribution >= 0.6 is 23.1 Å². The summed E-state index contributed by atoms with van der Waals surface area (Å²) < 4.78 is 0. The summed E-state index contributed by atoms with van der Waals surface area (Å²) >= 11 is 2.93. The summed E-state index contributed by atoms with van der Waals surface area (Å²) in [6.45, 7) is 1.68. The van der Waals surface area contributed by atoms with Crippen molar-refractivity contribution < 1.29 is 14.4 Å². The summed E-state index contributed by atoms with van der Waals surface area (Å²) in [6.07, 6.45) is 0.834. The minimum absolute atomic E-state index is 0.0175. The van der Waals surface area contributed by atoms with Crippen LogP contribution in [0.5, 0.6) is 0 Å². The molecule has 7 atom stereocenters. The van der Waals surface area contributed by atoms with Gasteiger partial charge in [0.1, 0.15) is 6.54 Å². The predicted octanol–water partition coefficient (Wildman–Crippen LogP) is 3.86. The number of benzene rings is 2. The van der Waals surface area contributed by atoms with Crippen LogP contribution < -0.4 is 10.2 Å². The van der Waals surface area contributed by atoms with Gasteiger partial charge in [0.2, 0.25) is 17.7 Å².